The number of piperidine rings is 1. The number of anilines is 2. The first kappa shape index (κ1) is 27.9. The minimum atomic E-state index is -4.41. The number of hydrogen-bond donors (Lipinski definition) is 2. The van der Waals surface area contributed by atoms with Gasteiger partial charge in [-0.15, -0.1) is 11.8 Å². The quantitative estimate of drug-likeness (QED) is 0.271. The molecule has 1 aromatic heterocycles. The van der Waals surface area contributed by atoms with E-state index in [1.807, 2.05) is 30.5 Å². The Balaban J connectivity index is 1.65. The van der Waals surface area contributed by atoms with Gasteiger partial charge in [0.15, 0.2) is 0 Å². The number of nitrogens with one attached hydrogen (secondary N) is 2. The first-order valence-corrected chi connectivity index (χ1v) is 13.6. The lowest BCUT2D eigenvalue weighted by Crippen LogP contribution is -2.36. The third-order valence-corrected chi connectivity index (χ3v) is 7.36. The summed E-state index contributed by atoms with van der Waals surface area (Å²) in [5, 5.41) is 7.45. The van der Waals surface area contributed by atoms with Crippen molar-refractivity contribution < 1.29 is 22.6 Å². The Bertz CT molecular complexity index is 1320. The molecule has 3 aromatic rings. The Kier molecular flexibility index (Phi) is 8.90. The molecule has 1 aliphatic heterocycles. The van der Waals surface area contributed by atoms with Gasteiger partial charge in [-0.25, -0.2) is 0 Å². The summed E-state index contributed by atoms with van der Waals surface area (Å²) in [6.07, 6.45) is -0.508. The smallest absolute Gasteiger partial charge is 0.406 e. The van der Waals surface area contributed by atoms with Crippen molar-refractivity contribution in [2.45, 2.75) is 36.5 Å². The number of hydrogen-bond acceptors (Lipinski definition) is 6. The van der Waals surface area contributed by atoms with E-state index in [1.54, 1.807) is 31.0 Å². The maximum absolute atomic E-state index is 13.6. The van der Waals surface area contributed by atoms with E-state index in [1.165, 1.54) is 11.7 Å². The second-order valence-corrected chi connectivity index (χ2v) is 10.2. The summed E-state index contributed by atoms with van der Waals surface area (Å²) in [7, 11) is 5.20. The maximum Gasteiger partial charge on any atom is 0.406 e. The molecule has 2 aromatic carbocycles. The summed E-state index contributed by atoms with van der Waals surface area (Å²) in [5.74, 6) is 7.12. The molecule has 0 atom stereocenters. The van der Waals surface area contributed by atoms with E-state index in [2.05, 4.69) is 34.4 Å². The van der Waals surface area contributed by atoms with Gasteiger partial charge < -0.3 is 29.6 Å². The van der Waals surface area contributed by atoms with Gasteiger partial charge in [0.1, 0.15) is 18.0 Å². The number of nitrogens with zero attached hydrogens (tertiary/aromatic N) is 2. The van der Waals surface area contributed by atoms with Crippen molar-refractivity contribution in [2.24, 2.45) is 0 Å². The molecule has 0 spiro atoms. The van der Waals surface area contributed by atoms with Gasteiger partial charge >= 0.3 is 6.18 Å². The first-order valence-electron chi connectivity index (χ1n) is 12.4. The number of likely N-dealkylation sites (tertiary alicyclic amines) is 1. The Hall–Kier alpha value is -3.16. The van der Waals surface area contributed by atoms with Crippen molar-refractivity contribution in [3.8, 4) is 23.3 Å². The van der Waals surface area contributed by atoms with Crippen LogP contribution in [0.4, 0.5) is 24.5 Å². The number of rotatable bonds is 8. The fourth-order valence-corrected chi connectivity index (χ4v) is 5.04. The molecule has 0 amide bonds. The first-order chi connectivity index (χ1) is 18.2. The van der Waals surface area contributed by atoms with Crippen LogP contribution in [0, 0.1) is 11.8 Å². The molecule has 1 saturated heterocycles. The molecule has 0 saturated carbocycles. The SMILES string of the molecule is COc1cc(NC2CCN(C)CC2)c2cc(C#CCNc3ccc(SC)cc3OC)n(CC(F)(F)F)c2c1. The van der Waals surface area contributed by atoms with Crippen molar-refractivity contribution in [3.05, 3.63) is 42.1 Å². The number of fused-ring (bicyclic) bond motifs is 1. The topological polar surface area (TPSA) is 50.7 Å². The molecule has 10 heteroatoms. The largest absolute Gasteiger partial charge is 0.497 e. The minimum Gasteiger partial charge on any atom is -0.497 e. The number of thioether (sulfide) groups is 1. The van der Waals surface area contributed by atoms with E-state index < -0.39 is 12.7 Å². The highest BCUT2D eigenvalue weighted by molar-refractivity contribution is 7.98. The van der Waals surface area contributed by atoms with E-state index in [0.717, 1.165) is 42.2 Å². The van der Waals surface area contributed by atoms with Crippen LogP contribution < -0.4 is 20.1 Å². The van der Waals surface area contributed by atoms with Crippen LogP contribution in [0.2, 0.25) is 0 Å². The Morgan fingerprint density at radius 2 is 1.82 bits per heavy atom. The highest BCUT2D eigenvalue weighted by Gasteiger charge is 2.30. The zero-order valence-corrected chi connectivity index (χ0v) is 22.9. The zero-order chi connectivity index (χ0) is 27.3. The second-order valence-electron chi connectivity index (χ2n) is 9.28. The maximum atomic E-state index is 13.6. The fraction of sp³-hybridized carbons (Fsp3) is 0.429. The molecule has 4 rings (SSSR count). The number of benzene rings is 2. The van der Waals surface area contributed by atoms with E-state index >= 15 is 0 Å². The molecule has 6 nitrogen and oxygen atoms in total. The Morgan fingerprint density at radius 1 is 1.05 bits per heavy atom. The standard InChI is InChI=1S/C28H33F3N4O2S/c1-34-12-9-19(10-13-34)33-25-15-21(36-2)16-26-23(25)14-20(35(26)18-28(29,30)31)6-5-11-32-24-8-7-22(38-4)17-27(24)37-3/h7-8,14-17,19,32-33H,9-13,18H2,1-4H3. The van der Waals surface area contributed by atoms with Gasteiger partial charge in [0.25, 0.3) is 0 Å². The number of methoxy groups -OCH3 is 2. The van der Waals surface area contributed by atoms with Crippen LogP contribution >= 0.6 is 11.8 Å². The minimum absolute atomic E-state index is 0.235. The molecule has 0 unspecified atom stereocenters. The second kappa shape index (κ2) is 12.1. The number of alkyl halides is 3. The third kappa shape index (κ3) is 6.83. The van der Waals surface area contributed by atoms with Crippen molar-refractivity contribution in [2.75, 3.05) is 57.8 Å². The van der Waals surface area contributed by atoms with Crippen LogP contribution in [0.5, 0.6) is 11.5 Å². The molecule has 2 N–H and O–H groups in total. The lowest BCUT2D eigenvalue weighted by Gasteiger charge is -2.30. The predicted octanol–water partition coefficient (Wildman–Crippen LogP) is 5.91. The molecule has 38 heavy (non-hydrogen) atoms. The zero-order valence-electron chi connectivity index (χ0n) is 22.0. The number of halogens is 3. The summed E-state index contributed by atoms with van der Waals surface area (Å²) in [6, 6.07) is 11.3. The fourth-order valence-electron chi connectivity index (χ4n) is 4.61. The van der Waals surface area contributed by atoms with Crippen LogP contribution in [-0.4, -0.2) is 68.8 Å². The monoisotopic (exact) mass is 546 g/mol. The van der Waals surface area contributed by atoms with Crippen molar-refractivity contribution in [1.29, 1.82) is 0 Å². The lowest BCUT2D eigenvalue weighted by molar-refractivity contribution is -0.140. The van der Waals surface area contributed by atoms with E-state index in [9.17, 15) is 13.2 Å². The van der Waals surface area contributed by atoms with Crippen molar-refractivity contribution in [1.82, 2.24) is 9.47 Å². The molecular formula is C28H33F3N4O2S. The van der Waals surface area contributed by atoms with Gasteiger partial charge in [-0.2, -0.15) is 13.2 Å². The number of ether oxygens (including phenoxy) is 2. The molecule has 204 valence electrons. The summed E-state index contributed by atoms with van der Waals surface area (Å²) in [4.78, 5) is 3.34. The summed E-state index contributed by atoms with van der Waals surface area (Å²) in [5.41, 5.74) is 2.26. The third-order valence-electron chi connectivity index (χ3n) is 6.64. The Morgan fingerprint density at radius 3 is 2.47 bits per heavy atom. The molecule has 1 aliphatic rings. The van der Waals surface area contributed by atoms with Gasteiger partial charge in [0.05, 0.1) is 37.7 Å². The van der Waals surface area contributed by atoms with Gasteiger partial charge in [-0.3, -0.25) is 0 Å². The van der Waals surface area contributed by atoms with E-state index in [4.69, 9.17) is 9.47 Å². The average molecular weight is 547 g/mol. The van der Waals surface area contributed by atoms with Crippen LogP contribution in [0.1, 0.15) is 18.5 Å². The van der Waals surface area contributed by atoms with Gasteiger partial charge in [0, 0.05) is 34.1 Å². The summed E-state index contributed by atoms with van der Waals surface area (Å²) >= 11 is 1.61. The molecule has 0 bridgehead atoms. The van der Waals surface area contributed by atoms with E-state index in [-0.39, 0.29) is 12.6 Å². The normalized spacial score (nSPS) is 14.7. The van der Waals surface area contributed by atoms with Crippen LogP contribution in [0.15, 0.2) is 41.3 Å². The van der Waals surface area contributed by atoms with Gasteiger partial charge in [-0.05, 0) is 69.4 Å². The predicted molar refractivity (Wildman–Crippen MR) is 149 cm³/mol. The van der Waals surface area contributed by atoms with Gasteiger partial charge in [-0.1, -0.05) is 5.92 Å². The summed E-state index contributed by atoms with van der Waals surface area (Å²) < 4.78 is 53.0. The summed E-state index contributed by atoms with van der Waals surface area (Å²) in [6.45, 7) is 1.04. The van der Waals surface area contributed by atoms with Crippen LogP contribution in [0.25, 0.3) is 10.9 Å². The van der Waals surface area contributed by atoms with E-state index in [0.29, 0.717) is 28.1 Å². The average Bonchev–Trinajstić information content (AvgIpc) is 3.23. The van der Waals surface area contributed by atoms with Crippen LogP contribution in [0.3, 0.4) is 0 Å². The van der Waals surface area contributed by atoms with Crippen molar-refractivity contribution >= 4 is 34.0 Å². The Labute approximate surface area is 225 Å². The van der Waals surface area contributed by atoms with Gasteiger partial charge in [0.2, 0.25) is 0 Å². The number of aromatic nitrogens is 1. The molecule has 0 aliphatic carbocycles. The molecular weight excluding hydrogens is 513 g/mol. The lowest BCUT2D eigenvalue weighted by atomic mass is 10.0. The van der Waals surface area contributed by atoms with Crippen molar-refractivity contribution in [3.63, 3.8) is 0 Å². The molecule has 1 fully saturated rings. The highest BCUT2D eigenvalue weighted by atomic mass is 32.2. The molecule has 0 radical (unpaired) electrons. The van der Waals surface area contributed by atoms with Crippen LogP contribution in [-0.2, 0) is 6.54 Å². The molecule has 2 heterocycles. The highest BCUT2D eigenvalue weighted by Crippen LogP contribution is 2.35.